The second-order valence-electron chi connectivity index (χ2n) is 3.88. The van der Waals surface area contributed by atoms with Crippen molar-refractivity contribution < 1.29 is 10.2 Å². The zero-order chi connectivity index (χ0) is 11.3. The molecule has 0 saturated carbocycles. The molecular formula is C11H9ClN2O2. The lowest BCUT2D eigenvalue weighted by molar-refractivity contribution is -0.192. The highest BCUT2D eigenvalue weighted by molar-refractivity contribution is 6.31. The van der Waals surface area contributed by atoms with Gasteiger partial charge in [-0.05, 0) is 29.7 Å². The lowest BCUT2D eigenvalue weighted by Crippen LogP contribution is -2.33. The summed E-state index contributed by atoms with van der Waals surface area (Å²) < 4.78 is 1.20. The van der Waals surface area contributed by atoms with E-state index < -0.39 is 5.91 Å². The Kier molecular flexibility index (Phi) is 1.89. The van der Waals surface area contributed by atoms with Crippen molar-refractivity contribution in [3.63, 3.8) is 0 Å². The maximum absolute atomic E-state index is 10.1. The first-order chi connectivity index (χ1) is 7.59. The van der Waals surface area contributed by atoms with Crippen LogP contribution in [0.1, 0.15) is 16.7 Å². The number of hydrogen-bond donors (Lipinski definition) is 2. The van der Waals surface area contributed by atoms with E-state index in [0.29, 0.717) is 5.02 Å². The van der Waals surface area contributed by atoms with Crippen LogP contribution in [-0.4, -0.2) is 19.8 Å². The summed E-state index contributed by atoms with van der Waals surface area (Å²) in [6.45, 7) is 0. The van der Waals surface area contributed by atoms with Gasteiger partial charge in [0.25, 0.3) is 5.91 Å². The van der Waals surface area contributed by atoms with Gasteiger partial charge in [0.2, 0.25) is 0 Å². The van der Waals surface area contributed by atoms with E-state index in [2.05, 4.69) is 4.98 Å². The number of fused-ring (bicyclic) bond motifs is 1. The fourth-order valence-electron chi connectivity index (χ4n) is 1.76. The van der Waals surface area contributed by atoms with E-state index in [1.165, 1.54) is 23.3 Å². The van der Waals surface area contributed by atoms with Crippen LogP contribution >= 0.6 is 11.6 Å². The van der Waals surface area contributed by atoms with Crippen molar-refractivity contribution in [2.75, 3.05) is 0 Å². The van der Waals surface area contributed by atoms with Crippen molar-refractivity contribution in [1.82, 2.24) is 9.55 Å². The summed E-state index contributed by atoms with van der Waals surface area (Å²) in [5.41, 5.74) is 2.55. The smallest absolute Gasteiger partial charge is 0.281 e. The van der Waals surface area contributed by atoms with Gasteiger partial charge in [0.1, 0.15) is 0 Å². The van der Waals surface area contributed by atoms with E-state index in [-0.39, 0.29) is 5.56 Å². The van der Waals surface area contributed by atoms with Gasteiger partial charge in [-0.1, -0.05) is 11.6 Å². The lowest BCUT2D eigenvalue weighted by atomic mass is 10.1. The van der Waals surface area contributed by atoms with Crippen LogP contribution in [0.4, 0.5) is 0 Å². The number of aliphatic hydroxyl groups is 2. The molecule has 3 rings (SSSR count). The number of imidazole rings is 1. The Hall–Kier alpha value is -1.36. The van der Waals surface area contributed by atoms with Gasteiger partial charge in [-0.25, -0.2) is 4.98 Å². The molecule has 0 radical (unpaired) electrons. The number of rotatable bonds is 2. The number of nitrogens with zero attached hydrogens (tertiary/aromatic N) is 2. The monoisotopic (exact) mass is 236 g/mol. The minimum absolute atomic E-state index is 0.281. The van der Waals surface area contributed by atoms with Crippen molar-refractivity contribution in [2.45, 2.75) is 12.3 Å². The molecule has 4 nitrogen and oxygen atoms in total. The summed E-state index contributed by atoms with van der Waals surface area (Å²) in [5.74, 6) is -2.15. The molecule has 0 bridgehead atoms. The van der Waals surface area contributed by atoms with Gasteiger partial charge in [0.15, 0.2) is 0 Å². The van der Waals surface area contributed by atoms with Gasteiger partial charge in [0, 0.05) is 12.4 Å². The first-order valence-electron chi connectivity index (χ1n) is 4.84. The summed E-state index contributed by atoms with van der Waals surface area (Å²) in [7, 11) is 0. The van der Waals surface area contributed by atoms with E-state index in [1.54, 1.807) is 12.1 Å². The average Bonchev–Trinajstić information content (AvgIpc) is 2.78. The zero-order valence-corrected chi connectivity index (χ0v) is 9.02. The molecule has 1 aromatic carbocycles. The molecule has 2 aromatic rings. The van der Waals surface area contributed by atoms with Crippen LogP contribution in [-0.2, 0) is 12.3 Å². The summed E-state index contributed by atoms with van der Waals surface area (Å²) >= 11 is 6.01. The van der Waals surface area contributed by atoms with E-state index in [1.807, 2.05) is 0 Å². The molecule has 2 N–H and O–H groups in total. The second-order valence-corrected chi connectivity index (χ2v) is 4.29. The molecule has 0 atom stereocenters. The first kappa shape index (κ1) is 9.84. The fourth-order valence-corrected chi connectivity index (χ4v) is 2.08. The highest BCUT2D eigenvalue weighted by Gasteiger charge is 2.33. The van der Waals surface area contributed by atoms with Crippen molar-refractivity contribution in [3.05, 3.63) is 52.6 Å². The highest BCUT2D eigenvalue weighted by Crippen LogP contribution is 2.37. The number of aromatic nitrogens is 2. The van der Waals surface area contributed by atoms with Gasteiger partial charge in [0.05, 0.1) is 16.9 Å². The molecule has 0 spiro atoms. The summed E-state index contributed by atoms with van der Waals surface area (Å²) in [5, 5.41) is 20.5. The fraction of sp³-hybridized carbons (Fsp3) is 0.182. The van der Waals surface area contributed by atoms with E-state index in [0.717, 1.165) is 17.5 Å². The largest absolute Gasteiger partial charge is 0.345 e. The highest BCUT2D eigenvalue weighted by atomic mass is 35.5. The van der Waals surface area contributed by atoms with E-state index in [9.17, 15) is 10.2 Å². The van der Waals surface area contributed by atoms with E-state index >= 15 is 0 Å². The van der Waals surface area contributed by atoms with Crippen molar-refractivity contribution in [3.8, 4) is 0 Å². The van der Waals surface area contributed by atoms with Crippen molar-refractivity contribution >= 4 is 11.6 Å². The number of hydrogen-bond acceptors (Lipinski definition) is 3. The topological polar surface area (TPSA) is 58.3 Å². The molecule has 1 aliphatic carbocycles. The SMILES string of the molecule is OC(O)(c1cc2c(cc1Cl)C2)n1ccnc1. The molecule has 0 saturated heterocycles. The second kappa shape index (κ2) is 3.07. The minimum Gasteiger partial charge on any atom is -0.345 e. The quantitative estimate of drug-likeness (QED) is 0.655. The lowest BCUT2D eigenvalue weighted by Gasteiger charge is -2.23. The molecule has 1 heterocycles. The van der Waals surface area contributed by atoms with Gasteiger partial charge in [-0.15, -0.1) is 0 Å². The predicted octanol–water partition coefficient (Wildman–Crippen LogP) is 1.08. The van der Waals surface area contributed by atoms with E-state index in [4.69, 9.17) is 11.6 Å². The minimum atomic E-state index is -2.15. The molecule has 0 amide bonds. The Balaban J connectivity index is 2.13. The molecule has 0 aliphatic heterocycles. The van der Waals surface area contributed by atoms with Gasteiger partial charge in [-0.3, -0.25) is 4.57 Å². The zero-order valence-electron chi connectivity index (χ0n) is 8.26. The third-order valence-corrected chi connectivity index (χ3v) is 3.08. The standard InChI is InChI=1S/C11H9ClN2O2/c12-10-5-8-3-7(8)4-9(10)11(15,16)14-2-1-13-6-14/h1-2,4-6,15-16H,3H2. The van der Waals surface area contributed by atoms with Gasteiger partial charge >= 0.3 is 0 Å². The van der Waals surface area contributed by atoms with Crippen LogP contribution < -0.4 is 0 Å². The van der Waals surface area contributed by atoms with Crippen molar-refractivity contribution in [1.29, 1.82) is 0 Å². The Labute approximate surface area is 96.7 Å². The molecule has 1 aliphatic rings. The van der Waals surface area contributed by atoms with Crippen LogP contribution in [0.5, 0.6) is 0 Å². The maximum Gasteiger partial charge on any atom is 0.281 e. The molecule has 16 heavy (non-hydrogen) atoms. The first-order valence-corrected chi connectivity index (χ1v) is 5.22. The van der Waals surface area contributed by atoms with Crippen LogP contribution in [0.25, 0.3) is 0 Å². The molecule has 0 unspecified atom stereocenters. The summed E-state index contributed by atoms with van der Waals surface area (Å²) in [4.78, 5) is 3.78. The van der Waals surface area contributed by atoms with Gasteiger partial charge < -0.3 is 10.2 Å². The molecule has 0 fully saturated rings. The molecular weight excluding hydrogens is 228 g/mol. The third-order valence-electron chi connectivity index (χ3n) is 2.77. The normalized spacial score (nSPS) is 13.7. The Morgan fingerprint density at radius 2 is 2.06 bits per heavy atom. The number of benzene rings is 1. The third kappa shape index (κ3) is 1.35. The predicted molar refractivity (Wildman–Crippen MR) is 58.0 cm³/mol. The molecule has 5 heteroatoms. The Morgan fingerprint density at radius 1 is 1.31 bits per heavy atom. The Bertz CT molecular complexity index is 549. The van der Waals surface area contributed by atoms with Crippen molar-refractivity contribution in [2.24, 2.45) is 0 Å². The van der Waals surface area contributed by atoms with Gasteiger partial charge in [-0.2, -0.15) is 0 Å². The average molecular weight is 237 g/mol. The van der Waals surface area contributed by atoms with Crippen LogP contribution in [0.3, 0.4) is 0 Å². The summed E-state index contributed by atoms with van der Waals surface area (Å²) in [6, 6.07) is 3.49. The summed E-state index contributed by atoms with van der Waals surface area (Å²) in [6.07, 6.45) is 5.16. The van der Waals surface area contributed by atoms with Crippen LogP contribution in [0.2, 0.25) is 5.02 Å². The maximum atomic E-state index is 10.1. The molecule has 1 aromatic heterocycles. The number of halogens is 1. The Morgan fingerprint density at radius 3 is 2.75 bits per heavy atom. The van der Waals surface area contributed by atoms with Crippen LogP contribution in [0, 0.1) is 0 Å². The molecule has 82 valence electrons. The van der Waals surface area contributed by atoms with Crippen LogP contribution in [0.15, 0.2) is 30.9 Å².